The van der Waals surface area contributed by atoms with Crippen molar-refractivity contribution in [2.75, 3.05) is 18.4 Å². The first kappa shape index (κ1) is 33.6. The van der Waals surface area contributed by atoms with E-state index < -0.39 is 26.2 Å². The van der Waals surface area contributed by atoms with E-state index in [1.54, 1.807) is 48.5 Å². The number of carboxylic acids is 1. The lowest BCUT2D eigenvalue weighted by atomic mass is 9.90. The Kier molecular flexibility index (Phi) is 9.35. The van der Waals surface area contributed by atoms with Crippen molar-refractivity contribution < 1.29 is 45.3 Å². The SMILES string of the molecule is O=C(O)c1ccccc1-c1c2ccc(=[NH+]CCc3ccc(S(=O)(=O)O)cc3)cc-2oc2cc(NCCc3ccc(S(=O)(=O)O)cc3)ccc12. The molecule has 2 aliphatic rings. The molecule has 13 heteroatoms. The number of rotatable bonds is 11. The molecule has 1 aliphatic heterocycles. The van der Waals surface area contributed by atoms with Crippen LogP contribution in [-0.4, -0.2) is 50.1 Å². The maximum atomic E-state index is 12.3. The summed E-state index contributed by atoms with van der Waals surface area (Å²) in [7, 11) is -8.52. The zero-order valence-electron chi connectivity index (χ0n) is 25.8. The fraction of sp³-hybridized carbons (Fsp3) is 0.111. The largest absolute Gasteiger partial charge is 0.478 e. The molecule has 250 valence electrons. The van der Waals surface area contributed by atoms with Crippen molar-refractivity contribution in [3.8, 4) is 22.5 Å². The third kappa shape index (κ3) is 7.71. The lowest BCUT2D eigenvalue weighted by molar-refractivity contribution is -0.499. The molecule has 11 nitrogen and oxygen atoms in total. The Morgan fingerprint density at radius 3 is 1.98 bits per heavy atom. The van der Waals surface area contributed by atoms with Gasteiger partial charge in [0.15, 0.2) is 0 Å². The summed E-state index contributed by atoms with van der Waals surface area (Å²) in [6.07, 6.45) is 1.16. The van der Waals surface area contributed by atoms with Crippen molar-refractivity contribution in [3.63, 3.8) is 0 Å². The van der Waals surface area contributed by atoms with Gasteiger partial charge in [-0.3, -0.25) is 9.11 Å². The molecular formula is C36H31N2O9S2+. The molecular weight excluding hydrogens is 669 g/mol. The second kappa shape index (κ2) is 13.6. The van der Waals surface area contributed by atoms with Crippen LogP contribution in [0.25, 0.3) is 33.4 Å². The van der Waals surface area contributed by atoms with Crippen molar-refractivity contribution in [2.24, 2.45) is 0 Å². The van der Waals surface area contributed by atoms with Crippen LogP contribution in [0.15, 0.2) is 123 Å². The second-order valence-electron chi connectivity index (χ2n) is 11.3. The van der Waals surface area contributed by atoms with Crippen molar-refractivity contribution in [2.45, 2.75) is 22.6 Å². The Bertz CT molecular complexity index is 2440. The van der Waals surface area contributed by atoms with Crippen molar-refractivity contribution in [1.29, 1.82) is 0 Å². The van der Waals surface area contributed by atoms with Gasteiger partial charge in [0.2, 0.25) is 5.36 Å². The van der Waals surface area contributed by atoms with Crippen molar-refractivity contribution >= 4 is 42.9 Å². The molecule has 0 radical (unpaired) electrons. The summed E-state index contributed by atoms with van der Waals surface area (Å²) in [6.45, 7) is 1.04. The number of benzene rings is 5. The van der Waals surface area contributed by atoms with E-state index in [2.05, 4.69) is 10.3 Å². The van der Waals surface area contributed by atoms with E-state index >= 15 is 0 Å². The minimum atomic E-state index is -4.26. The number of carbonyl (C=O) groups is 1. The highest BCUT2D eigenvalue weighted by molar-refractivity contribution is 7.86. The van der Waals surface area contributed by atoms with Crippen LogP contribution < -0.4 is 15.7 Å². The Labute approximate surface area is 282 Å². The van der Waals surface area contributed by atoms with Crippen LogP contribution in [0.5, 0.6) is 0 Å². The van der Waals surface area contributed by atoms with Gasteiger partial charge < -0.3 is 14.8 Å². The van der Waals surface area contributed by atoms with Crippen LogP contribution in [0, 0.1) is 0 Å². The normalized spacial score (nSPS) is 12.4. The van der Waals surface area contributed by atoms with Gasteiger partial charge in [0, 0.05) is 47.3 Å². The van der Waals surface area contributed by atoms with Crippen LogP contribution in [-0.2, 0) is 33.1 Å². The second-order valence-corrected chi connectivity index (χ2v) is 14.2. The van der Waals surface area contributed by atoms with Gasteiger partial charge in [-0.15, -0.1) is 0 Å². The van der Waals surface area contributed by atoms with E-state index in [1.165, 1.54) is 24.3 Å². The standard InChI is InChI=1S/C36H30N2O9S2/c39-36(40)30-4-2-1-3-29(30)35-31-15-9-25(37-19-17-23-5-11-27(12-6-23)48(41,42)43)21-33(31)47-34-22-26(10-16-32(34)35)38-20-18-24-7-13-28(14-8-24)49(44,45)46/h1-16,21-22,37H,17-20H2,(H,39,40)(H,41,42,43)(H,44,45,46)/p+1. The number of aromatic carboxylic acids is 1. The van der Waals surface area contributed by atoms with Crippen LogP contribution in [0.3, 0.4) is 0 Å². The molecule has 1 heterocycles. The smallest absolute Gasteiger partial charge is 0.336 e. The van der Waals surface area contributed by atoms with Gasteiger partial charge in [-0.2, -0.15) is 16.8 Å². The maximum Gasteiger partial charge on any atom is 0.336 e. The number of fused-ring (bicyclic) bond motifs is 2. The van der Waals surface area contributed by atoms with E-state index in [0.717, 1.165) is 33.1 Å². The zero-order valence-corrected chi connectivity index (χ0v) is 27.5. The molecule has 0 spiro atoms. The van der Waals surface area contributed by atoms with E-state index in [9.17, 15) is 35.8 Å². The lowest BCUT2D eigenvalue weighted by Gasteiger charge is -2.17. The summed E-state index contributed by atoms with van der Waals surface area (Å²) in [5.74, 6) is -0.523. The molecule has 4 aromatic carbocycles. The highest BCUT2D eigenvalue weighted by Gasteiger charge is 2.22. The first-order chi connectivity index (χ1) is 23.4. The van der Waals surface area contributed by atoms with Crippen LogP contribution >= 0.6 is 0 Å². The summed E-state index contributed by atoms with van der Waals surface area (Å²) in [6, 6.07) is 30.0. The van der Waals surface area contributed by atoms with Crippen molar-refractivity contribution in [3.05, 3.63) is 131 Å². The average Bonchev–Trinajstić information content (AvgIpc) is 3.07. The van der Waals surface area contributed by atoms with Gasteiger partial charge >= 0.3 is 5.97 Å². The molecule has 0 aromatic heterocycles. The first-order valence-corrected chi connectivity index (χ1v) is 18.0. The zero-order chi connectivity index (χ0) is 34.8. The molecule has 6 rings (SSSR count). The molecule has 0 bridgehead atoms. The Morgan fingerprint density at radius 1 is 0.714 bits per heavy atom. The number of hydrogen-bond acceptors (Lipinski definition) is 7. The summed E-state index contributed by atoms with van der Waals surface area (Å²) in [5, 5.41) is 14.9. The molecule has 0 amide bonds. The predicted molar refractivity (Wildman–Crippen MR) is 183 cm³/mol. The van der Waals surface area contributed by atoms with Gasteiger partial charge in [0.1, 0.15) is 17.9 Å². The molecule has 0 atom stereocenters. The van der Waals surface area contributed by atoms with Gasteiger partial charge in [0.05, 0.1) is 21.4 Å². The fourth-order valence-electron chi connectivity index (χ4n) is 5.65. The van der Waals surface area contributed by atoms with Crippen LogP contribution in [0.1, 0.15) is 21.5 Å². The first-order valence-electron chi connectivity index (χ1n) is 15.1. The third-order valence-corrected chi connectivity index (χ3v) is 9.81. The molecule has 0 saturated carbocycles. The van der Waals surface area contributed by atoms with Crippen LogP contribution in [0.4, 0.5) is 5.69 Å². The quantitative estimate of drug-likeness (QED) is 0.0966. The summed E-state index contributed by atoms with van der Waals surface area (Å²) in [4.78, 5) is 15.3. The number of nitrogens with one attached hydrogen (secondary N) is 2. The van der Waals surface area contributed by atoms with E-state index in [-0.39, 0.29) is 15.4 Å². The minimum absolute atomic E-state index is 0.153. The molecule has 0 unspecified atom stereocenters. The van der Waals surface area contributed by atoms with Gasteiger partial charge in [-0.1, -0.05) is 42.5 Å². The Morgan fingerprint density at radius 2 is 1.35 bits per heavy atom. The van der Waals surface area contributed by atoms with E-state index in [1.807, 2.05) is 36.4 Å². The Balaban J connectivity index is 1.32. The molecule has 1 aliphatic carbocycles. The molecule has 0 saturated heterocycles. The minimum Gasteiger partial charge on any atom is -0.478 e. The molecule has 4 aromatic rings. The van der Waals surface area contributed by atoms with Gasteiger partial charge in [0.25, 0.3) is 20.2 Å². The van der Waals surface area contributed by atoms with Crippen LogP contribution in [0.2, 0.25) is 0 Å². The predicted octanol–water partition coefficient (Wildman–Crippen LogP) is 4.27. The number of hydrogen-bond donors (Lipinski definition) is 5. The summed E-state index contributed by atoms with van der Waals surface area (Å²) < 4.78 is 70.2. The fourth-order valence-corrected chi connectivity index (χ4v) is 6.61. The molecule has 0 fully saturated rings. The third-order valence-electron chi connectivity index (χ3n) is 8.08. The summed E-state index contributed by atoms with van der Waals surface area (Å²) in [5.41, 5.74) is 5.17. The summed E-state index contributed by atoms with van der Waals surface area (Å²) >= 11 is 0. The van der Waals surface area contributed by atoms with Gasteiger partial charge in [-0.05, 0) is 71.6 Å². The van der Waals surface area contributed by atoms with Gasteiger partial charge in [-0.25, -0.2) is 9.79 Å². The number of carboxylic acid groups (broad SMARTS) is 1. The van der Waals surface area contributed by atoms with Crippen molar-refractivity contribution in [1.82, 2.24) is 0 Å². The number of anilines is 1. The van der Waals surface area contributed by atoms with E-state index in [0.29, 0.717) is 48.4 Å². The average molecular weight is 700 g/mol. The molecule has 49 heavy (non-hydrogen) atoms. The monoisotopic (exact) mass is 699 g/mol. The Hall–Kier alpha value is -5.34. The van der Waals surface area contributed by atoms with E-state index in [4.69, 9.17) is 4.42 Å². The lowest BCUT2D eigenvalue weighted by Crippen LogP contribution is -2.77. The molecule has 5 N–H and O–H groups in total. The highest BCUT2D eigenvalue weighted by Crippen LogP contribution is 2.41. The highest BCUT2D eigenvalue weighted by atomic mass is 32.2. The maximum absolute atomic E-state index is 12.3. The topological polar surface area (TPSA) is 185 Å².